The highest BCUT2D eigenvalue weighted by molar-refractivity contribution is 5.83. The van der Waals surface area contributed by atoms with Crippen LogP contribution in [0.15, 0.2) is 54.9 Å². The number of halogens is 7. The number of hydrogen-bond acceptors (Lipinski definition) is 4. The summed E-state index contributed by atoms with van der Waals surface area (Å²) < 4.78 is 97.5. The number of ether oxygens (including phenoxy) is 2. The quantitative estimate of drug-likeness (QED) is 0.399. The maximum Gasteiger partial charge on any atom is 0.422 e. The van der Waals surface area contributed by atoms with Crippen molar-refractivity contribution in [3.63, 3.8) is 0 Å². The maximum atomic E-state index is 13.7. The molecule has 0 bridgehead atoms. The molecule has 2 aromatic rings. The van der Waals surface area contributed by atoms with Gasteiger partial charge in [0.1, 0.15) is 18.2 Å². The van der Waals surface area contributed by atoms with E-state index in [1.165, 1.54) is 24.4 Å². The van der Waals surface area contributed by atoms with Crippen molar-refractivity contribution in [2.75, 3.05) is 20.3 Å². The van der Waals surface area contributed by atoms with E-state index in [0.29, 0.717) is 11.1 Å². The van der Waals surface area contributed by atoms with E-state index in [1.54, 1.807) is 25.4 Å². The van der Waals surface area contributed by atoms with Gasteiger partial charge in [-0.15, -0.1) is 0 Å². The van der Waals surface area contributed by atoms with E-state index in [2.05, 4.69) is 15.0 Å². The predicted octanol–water partition coefficient (Wildman–Crippen LogP) is 5.41. The fourth-order valence-corrected chi connectivity index (χ4v) is 2.52. The molecule has 1 N–H and O–H groups in total. The lowest BCUT2D eigenvalue weighted by molar-refractivity contribution is -0.176. The molecular formula is C21H19F7N2O2. The van der Waals surface area contributed by atoms with Crippen LogP contribution in [0.3, 0.4) is 0 Å². The van der Waals surface area contributed by atoms with Crippen molar-refractivity contribution >= 4 is 5.57 Å². The Labute approximate surface area is 179 Å². The zero-order valence-corrected chi connectivity index (χ0v) is 16.7. The molecule has 0 amide bonds. The van der Waals surface area contributed by atoms with Crippen molar-refractivity contribution in [1.82, 2.24) is 10.3 Å². The highest BCUT2D eigenvalue weighted by Crippen LogP contribution is 2.33. The minimum atomic E-state index is -4.63. The van der Waals surface area contributed by atoms with Crippen molar-refractivity contribution in [3.05, 3.63) is 77.5 Å². The molecule has 11 heteroatoms. The third kappa shape index (κ3) is 8.58. The predicted molar refractivity (Wildman–Crippen MR) is 103 cm³/mol. The van der Waals surface area contributed by atoms with Gasteiger partial charge in [-0.3, -0.25) is 4.98 Å². The highest BCUT2D eigenvalue weighted by Gasteiger charge is 2.29. The average molecular weight is 464 g/mol. The Kier molecular flexibility index (Phi) is 8.64. The van der Waals surface area contributed by atoms with Gasteiger partial charge < -0.3 is 14.8 Å². The summed E-state index contributed by atoms with van der Waals surface area (Å²) in [6, 6.07) is 6.10. The first-order chi connectivity index (χ1) is 15.0. The Morgan fingerprint density at radius 2 is 1.75 bits per heavy atom. The van der Waals surface area contributed by atoms with Crippen molar-refractivity contribution in [2.45, 2.75) is 19.0 Å². The lowest BCUT2D eigenvalue weighted by atomic mass is 9.97. The summed E-state index contributed by atoms with van der Waals surface area (Å²) in [4.78, 5) is 4.04. The first kappa shape index (κ1) is 25.2. The summed E-state index contributed by atoms with van der Waals surface area (Å²) in [6.07, 6.45) is -3.12. The van der Waals surface area contributed by atoms with E-state index in [-0.39, 0.29) is 23.6 Å². The molecule has 0 saturated carbocycles. The molecule has 1 aromatic heterocycles. The summed E-state index contributed by atoms with van der Waals surface area (Å²) in [5.41, 5.74) is 1.15. The van der Waals surface area contributed by atoms with Gasteiger partial charge in [-0.1, -0.05) is 12.1 Å². The lowest BCUT2D eigenvalue weighted by Crippen LogP contribution is -2.19. The normalized spacial score (nSPS) is 12.9. The van der Waals surface area contributed by atoms with Gasteiger partial charge in [0.2, 0.25) is 0 Å². The minimum Gasteiger partial charge on any atom is -0.483 e. The van der Waals surface area contributed by atoms with Crippen LogP contribution < -0.4 is 10.1 Å². The molecule has 0 unspecified atom stereocenters. The Hall–Kier alpha value is -3.08. The van der Waals surface area contributed by atoms with E-state index in [0.717, 1.165) is 12.1 Å². The van der Waals surface area contributed by atoms with E-state index in [9.17, 15) is 30.7 Å². The number of pyridine rings is 1. The van der Waals surface area contributed by atoms with E-state index in [1.807, 2.05) is 0 Å². The second-order valence-electron chi connectivity index (χ2n) is 6.42. The fraction of sp³-hybridized carbons (Fsp3) is 0.286. The van der Waals surface area contributed by atoms with Crippen LogP contribution in [0.1, 0.15) is 16.8 Å². The molecule has 0 saturated heterocycles. The molecule has 0 spiro atoms. The monoisotopic (exact) mass is 464 g/mol. The first-order valence-electron chi connectivity index (χ1n) is 9.12. The van der Waals surface area contributed by atoms with Crippen LogP contribution in [0.4, 0.5) is 30.7 Å². The Bertz CT molecular complexity index is 937. The number of nitrogens with zero attached hydrogens (tertiary/aromatic N) is 1. The lowest BCUT2D eigenvalue weighted by Gasteiger charge is -2.16. The second kappa shape index (κ2) is 11.0. The average Bonchev–Trinajstić information content (AvgIpc) is 2.70. The van der Waals surface area contributed by atoms with Crippen molar-refractivity contribution in [3.8, 4) is 5.75 Å². The van der Waals surface area contributed by atoms with Gasteiger partial charge in [-0.25, -0.2) is 4.39 Å². The topological polar surface area (TPSA) is 43.4 Å². The Morgan fingerprint density at radius 3 is 2.34 bits per heavy atom. The molecule has 174 valence electrons. The molecule has 0 aliphatic rings. The van der Waals surface area contributed by atoms with Crippen molar-refractivity contribution < 1.29 is 40.2 Å². The van der Waals surface area contributed by atoms with E-state index >= 15 is 0 Å². The molecule has 4 nitrogen and oxygen atoms in total. The summed E-state index contributed by atoms with van der Waals surface area (Å²) in [6.45, 7) is -3.42. The molecule has 1 heterocycles. The van der Waals surface area contributed by atoms with Gasteiger partial charge in [-0.2, -0.15) is 26.3 Å². The van der Waals surface area contributed by atoms with Crippen LogP contribution in [-0.4, -0.2) is 37.6 Å². The number of nitrogens with one attached hydrogen (secondary N) is 1. The number of benzene rings is 1. The van der Waals surface area contributed by atoms with Gasteiger partial charge in [0, 0.05) is 30.4 Å². The number of hydrogen-bond donors (Lipinski definition) is 1. The first-order valence-corrected chi connectivity index (χ1v) is 9.12. The number of aromatic nitrogens is 1. The molecule has 0 fully saturated rings. The Balaban J connectivity index is 2.35. The fourth-order valence-electron chi connectivity index (χ4n) is 2.52. The van der Waals surface area contributed by atoms with E-state index in [4.69, 9.17) is 4.74 Å². The standard InChI is InChI=1S/C21H19F7N2O2/c1-29-8-2-3-17(14-4-6-16(30-10-14)11-31-12-20(23,24)25)18-7-5-15(22)9-19(18)32-13-21(26,27)28/h2-10,29H,11-13H2,1H3/b8-2-,17-3-. The van der Waals surface area contributed by atoms with Crippen molar-refractivity contribution in [1.29, 1.82) is 0 Å². The number of alkyl halides is 6. The summed E-state index contributed by atoms with van der Waals surface area (Å²) in [5, 5.41) is 2.75. The van der Waals surface area contributed by atoms with Gasteiger partial charge in [-0.05, 0) is 36.0 Å². The SMILES string of the molecule is CN/C=C\C=C(\c1ccc(COCC(F)(F)F)nc1)c1ccc(F)cc1OCC(F)(F)F. The molecule has 0 aliphatic carbocycles. The molecular weight excluding hydrogens is 445 g/mol. The summed E-state index contributed by atoms with van der Waals surface area (Å²) in [7, 11) is 1.64. The van der Waals surface area contributed by atoms with Crippen LogP contribution in [0, 0.1) is 5.82 Å². The third-order valence-electron chi connectivity index (χ3n) is 3.80. The largest absolute Gasteiger partial charge is 0.483 e. The highest BCUT2D eigenvalue weighted by atomic mass is 19.4. The van der Waals surface area contributed by atoms with Crippen LogP contribution in [-0.2, 0) is 11.3 Å². The van der Waals surface area contributed by atoms with E-state index < -0.39 is 31.4 Å². The molecule has 0 atom stereocenters. The van der Waals surface area contributed by atoms with Crippen LogP contribution in [0.2, 0.25) is 0 Å². The number of allylic oxidation sites excluding steroid dienone is 2. The van der Waals surface area contributed by atoms with Gasteiger partial charge in [0.05, 0.1) is 12.3 Å². The second-order valence-corrected chi connectivity index (χ2v) is 6.42. The third-order valence-corrected chi connectivity index (χ3v) is 3.80. The van der Waals surface area contributed by atoms with Crippen LogP contribution in [0.25, 0.3) is 5.57 Å². The zero-order valence-electron chi connectivity index (χ0n) is 16.7. The molecule has 0 radical (unpaired) electrons. The smallest absolute Gasteiger partial charge is 0.422 e. The summed E-state index contributed by atoms with van der Waals surface area (Å²) >= 11 is 0. The zero-order chi connectivity index (χ0) is 23.8. The van der Waals surface area contributed by atoms with Gasteiger partial charge >= 0.3 is 12.4 Å². The maximum absolute atomic E-state index is 13.7. The molecule has 32 heavy (non-hydrogen) atoms. The van der Waals surface area contributed by atoms with Crippen LogP contribution >= 0.6 is 0 Å². The molecule has 0 aliphatic heterocycles. The Morgan fingerprint density at radius 1 is 1.03 bits per heavy atom. The van der Waals surface area contributed by atoms with Crippen LogP contribution in [0.5, 0.6) is 5.75 Å². The molecule has 2 rings (SSSR count). The minimum absolute atomic E-state index is 0.166. The molecule has 1 aromatic carbocycles. The van der Waals surface area contributed by atoms with Gasteiger partial charge in [0.15, 0.2) is 6.61 Å². The summed E-state index contributed by atoms with van der Waals surface area (Å²) in [5.74, 6) is -1.12. The van der Waals surface area contributed by atoms with Crippen molar-refractivity contribution in [2.24, 2.45) is 0 Å². The number of rotatable bonds is 9. The van der Waals surface area contributed by atoms with Gasteiger partial charge in [0.25, 0.3) is 0 Å².